The van der Waals surface area contributed by atoms with E-state index in [9.17, 15) is 5.11 Å². The Kier molecular flexibility index (Phi) is 5.53. The molecule has 0 saturated carbocycles. The summed E-state index contributed by atoms with van der Waals surface area (Å²) in [7, 11) is 0. The van der Waals surface area contributed by atoms with Gasteiger partial charge in [0.05, 0.1) is 0 Å². The lowest BCUT2D eigenvalue weighted by atomic mass is 10.2. The van der Waals surface area contributed by atoms with Crippen LogP contribution >= 0.6 is 39.5 Å². The molecule has 5 heteroatoms. The maximum Gasteiger partial charge on any atom is 0.120 e. The summed E-state index contributed by atoms with van der Waals surface area (Å²) in [6.45, 7) is 1.75. The molecule has 0 spiro atoms. The molecule has 1 fully saturated rings. The molecule has 1 aromatic rings. The molecule has 1 saturated heterocycles. The Morgan fingerprint density at radius 1 is 1.41 bits per heavy atom. The molecule has 1 aromatic carbocycles. The molecule has 0 amide bonds. The monoisotopic (exact) mass is 333 g/mol. The van der Waals surface area contributed by atoms with Gasteiger partial charge in [-0.1, -0.05) is 15.9 Å². The van der Waals surface area contributed by atoms with Crippen LogP contribution in [0.5, 0.6) is 5.75 Å². The standard InChI is InChI=1S/C12H16BrNOS2/c13-10-1-2-12(15)9(5-10)6-14-7-11-8-16-3-4-17-11/h1-2,5,11,14-15H,3-4,6-8H2. The van der Waals surface area contributed by atoms with Crippen molar-refractivity contribution in [3.63, 3.8) is 0 Å². The van der Waals surface area contributed by atoms with Crippen LogP contribution in [0.4, 0.5) is 0 Å². The molecule has 1 aliphatic heterocycles. The Morgan fingerprint density at radius 2 is 2.29 bits per heavy atom. The van der Waals surface area contributed by atoms with Crippen molar-refractivity contribution < 1.29 is 5.11 Å². The average molecular weight is 334 g/mol. The van der Waals surface area contributed by atoms with Gasteiger partial charge in [0.25, 0.3) is 0 Å². The fourth-order valence-electron chi connectivity index (χ4n) is 1.72. The largest absolute Gasteiger partial charge is 0.508 e. The van der Waals surface area contributed by atoms with Gasteiger partial charge >= 0.3 is 0 Å². The quantitative estimate of drug-likeness (QED) is 0.886. The van der Waals surface area contributed by atoms with Crippen LogP contribution in [0.1, 0.15) is 5.56 Å². The molecular formula is C12H16BrNOS2. The number of halogens is 1. The topological polar surface area (TPSA) is 32.3 Å². The van der Waals surface area contributed by atoms with Crippen molar-refractivity contribution in [3.05, 3.63) is 28.2 Å². The summed E-state index contributed by atoms with van der Waals surface area (Å²) >= 11 is 7.51. The normalized spacial score (nSPS) is 20.4. The number of nitrogens with one attached hydrogen (secondary N) is 1. The van der Waals surface area contributed by atoms with Gasteiger partial charge in [0, 0.05) is 45.6 Å². The predicted molar refractivity (Wildman–Crippen MR) is 81.1 cm³/mol. The lowest BCUT2D eigenvalue weighted by molar-refractivity contribution is 0.464. The minimum Gasteiger partial charge on any atom is -0.508 e. The van der Waals surface area contributed by atoms with Gasteiger partial charge in [0.2, 0.25) is 0 Å². The SMILES string of the molecule is Oc1ccc(Br)cc1CNCC1CSCCS1. The number of aromatic hydroxyl groups is 1. The van der Waals surface area contributed by atoms with E-state index in [2.05, 4.69) is 33.0 Å². The van der Waals surface area contributed by atoms with Crippen molar-refractivity contribution in [1.82, 2.24) is 5.32 Å². The third-order valence-corrected chi connectivity index (χ3v) is 5.95. The van der Waals surface area contributed by atoms with Crippen LogP contribution in [-0.4, -0.2) is 34.2 Å². The van der Waals surface area contributed by atoms with Crippen molar-refractivity contribution in [2.24, 2.45) is 0 Å². The zero-order chi connectivity index (χ0) is 12.1. The van der Waals surface area contributed by atoms with Crippen molar-refractivity contribution in [3.8, 4) is 5.75 Å². The molecule has 1 heterocycles. The molecule has 0 aromatic heterocycles. The summed E-state index contributed by atoms with van der Waals surface area (Å²) in [5, 5.41) is 13.8. The maximum atomic E-state index is 9.70. The van der Waals surface area contributed by atoms with Crippen LogP contribution in [0.15, 0.2) is 22.7 Å². The van der Waals surface area contributed by atoms with Gasteiger partial charge in [0.1, 0.15) is 5.75 Å². The second-order valence-corrected chi connectivity index (χ2v) is 7.45. The third-order valence-electron chi connectivity index (χ3n) is 2.61. The predicted octanol–water partition coefficient (Wildman–Crippen LogP) is 3.09. The molecule has 1 atom stereocenters. The van der Waals surface area contributed by atoms with Crippen LogP contribution in [0.3, 0.4) is 0 Å². The molecular weight excluding hydrogens is 318 g/mol. The minimum atomic E-state index is 0.367. The second-order valence-electron chi connectivity index (χ2n) is 3.97. The summed E-state index contributed by atoms with van der Waals surface area (Å²) < 4.78 is 1.01. The van der Waals surface area contributed by atoms with Crippen molar-refractivity contribution in [2.45, 2.75) is 11.8 Å². The molecule has 17 heavy (non-hydrogen) atoms. The summed E-state index contributed by atoms with van der Waals surface area (Å²) in [5.74, 6) is 4.15. The number of phenols is 1. The van der Waals surface area contributed by atoms with Gasteiger partial charge in [0.15, 0.2) is 0 Å². The summed E-state index contributed by atoms with van der Waals surface area (Å²) in [5.41, 5.74) is 0.952. The van der Waals surface area contributed by atoms with E-state index in [1.165, 1.54) is 17.3 Å². The second kappa shape index (κ2) is 6.92. The van der Waals surface area contributed by atoms with E-state index >= 15 is 0 Å². The molecule has 2 nitrogen and oxygen atoms in total. The first kappa shape index (κ1) is 13.6. The maximum absolute atomic E-state index is 9.70. The van der Waals surface area contributed by atoms with Crippen LogP contribution < -0.4 is 5.32 Å². The highest BCUT2D eigenvalue weighted by Gasteiger charge is 2.13. The number of rotatable bonds is 4. The third kappa shape index (κ3) is 4.39. The van der Waals surface area contributed by atoms with Crippen LogP contribution in [0, 0.1) is 0 Å². The van der Waals surface area contributed by atoms with Crippen LogP contribution in [0.2, 0.25) is 0 Å². The van der Waals surface area contributed by atoms with E-state index in [-0.39, 0.29) is 0 Å². The van der Waals surface area contributed by atoms with E-state index in [4.69, 9.17) is 0 Å². The first-order chi connectivity index (χ1) is 8.25. The number of hydrogen-bond acceptors (Lipinski definition) is 4. The van der Waals surface area contributed by atoms with Gasteiger partial charge in [-0.15, -0.1) is 0 Å². The molecule has 0 radical (unpaired) electrons. The highest BCUT2D eigenvalue weighted by atomic mass is 79.9. The average Bonchev–Trinajstić information content (AvgIpc) is 2.35. The number of thioether (sulfide) groups is 2. The van der Waals surface area contributed by atoms with E-state index in [0.29, 0.717) is 11.0 Å². The van der Waals surface area contributed by atoms with Crippen molar-refractivity contribution >= 4 is 39.5 Å². The fourth-order valence-corrected chi connectivity index (χ4v) is 4.77. The van der Waals surface area contributed by atoms with Crippen molar-refractivity contribution in [1.29, 1.82) is 0 Å². The van der Waals surface area contributed by atoms with Gasteiger partial charge < -0.3 is 10.4 Å². The molecule has 2 N–H and O–H groups in total. The Balaban J connectivity index is 1.79. The highest BCUT2D eigenvalue weighted by Crippen LogP contribution is 2.24. The fraction of sp³-hybridized carbons (Fsp3) is 0.500. The van der Waals surface area contributed by atoms with E-state index < -0.39 is 0 Å². The first-order valence-corrected chi connectivity index (χ1v) is 8.63. The summed E-state index contributed by atoms with van der Waals surface area (Å²) in [6, 6.07) is 5.55. The van der Waals surface area contributed by atoms with E-state index in [1.54, 1.807) is 6.07 Å². The van der Waals surface area contributed by atoms with Gasteiger partial charge in [-0.3, -0.25) is 0 Å². The zero-order valence-corrected chi connectivity index (χ0v) is 12.7. The highest BCUT2D eigenvalue weighted by molar-refractivity contribution is 9.10. The number of hydrogen-bond donors (Lipinski definition) is 2. The molecule has 0 bridgehead atoms. The first-order valence-electron chi connectivity index (χ1n) is 5.63. The summed E-state index contributed by atoms with van der Waals surface area (Å²) in [4.78, 5) is 0. The summed E-state index contributed by atoms with van der Waals surface area (Å²) in [6.07, 6.45) is 0. The lowest BCUT2D eigenvalue weighted by Crippen LogP contribution is -2.28. The molecule has 0 aliphatic carbocycles. The zero-order valence-electron chi connectivity index (χ0n) is 9.49. The van der Waals surface area contributed by atoms with Gasteiger partial charge in [-0.05, 0) is 18.2 Å². The Hall–Kier alpha value is 0.160. The van der Waals surface area contributed by atoms with Gasteiger partial charge in [-0.25, -0.2) is 0 Å². The molecule has 1 unspecified atom stereocenters. The molecule has 94 valence electrons. The Bertz CT molecular complexity index is 370. The molecule has 1 aliphatic rings. The van der Waals surface area contributed by atoms with Gasteiger partial charge in [-0.2, -0.15) is 23.5 Å². The minimum absolute atomic E-state index is 0.367. The smallest absolute Gasteiger partial charge is 0.120 e. The lowest BCUT2D eigenvalue weighted by Gasteiger charge is -2.21. The van der Waals surface area contributed by atoms with Crippen molar-refractivity contribution in [2.75, 3.05) is 23.8 Å². The van der Waals surface area contributed by atoms with E-state index in [1.807, 2.05) is 23.9 Å². The Morgan fingerprint density at radius 3 is 3.06 bits per heavy atom. The Labute approximate surface area is 119 Å². The molecule has 2 rings (SSSR count). The number of phenolic OH excluding ortho intramolecular Hbond substituents is 1. The van der Waals surface area contributed by atoms with Crippen LogP contribution in [0.25, 0.3) is 0 Å². The number of benzene rings is 1. The van der Waals surface area contributed by atoms with E-state index in [0.717, 1.165) is 23.1 Å². The van der Waals surface area contributed by atoms with Crippen LogP contribution in [-0.2, 0) is 6.54 Å².